The third kappa shape index (κ3) is 3.59. The highest BCUT2D eigenvalue weighted by atomic mass is 15.2. The van der Waals surface area contributed by atoms with Gasteiger partial charge in [0.15, 0.2) is 0 Å². The van der Waals surface area contributed by atoms with Gasteiger partial charge in [-0.05, 0) is 68.0 Å². The summed E-state index contributed by atoms with van der Waals surface area (Å²) in [6.07, 6.45) is 4.72. The Bertz CT molecular complexity index is 636. The fraction of sp³-hybridized carbons (Fsp3) is 0.429. The molecule has 2 heteroatoms. The van der Waals surface area contributed by atoms with Crippen molar-refractivity contribution in [1.82, 2.24) is 4.90 Å². The highest BCUT2D eigenvalue weighted by Crippen LogP contribution is 2.31. The zero-order valence-corrected chi connectivity index (χ0v) is 14.3. The van der Waals surface area contributed by atoms with Crippen LogP contribution in [0, 0.1) is 0 Å². The van der Waals surface area contributed by atoms with Gasteiger partial charge in [-0.3, -0.25) is 4.90 Å². The third-order valence-corrected chi connectivity index (χ3v) is 5.16. The zero-order chi connectivity index (χ0) is 16.2. The fourth-order valence-electron chi connectivity index (χ4n) is 3.91. The lowest BCUT2D eigenvalue weighted by Crippen LogP contribution is -2.41. The second kappa shape index (κ2) is 7.18. The molecule has 2 aromatic carbocycles. The van der Waals surface area contributed by atoms with Crippen molar-refractivity contribution in [2.75, 3.05) is 12.3 Å². The van der Waals surface area contributed by atoms with E-state index in [1.165, 1.54) is 29.5 Å². The highest BCUT2D eigenvalue weighted by Gasteiger charge is 2.27. The second-order valence-electron chi connectivity index (χ2n) is 6.75. The van der Waals surface area contributed by atoms with Crippen LogP contribution in [0.3, 0.4) is 0 Å². The molecule has 2 atom stereocenters. The van der Waals surface area contributed by atoms with E-state index in [9.17, 15) is 0 Å². The first-order valence-corrected chi connectivity index (χ1v) is 8.87. The summed E-state index contributed by atoms with van der Waals surface area (Å²) in [7, 11) is 0. The van der Waals surface area contributed by atoms with Gasteiger partial charge in [-0.2, -0.15) is 0 Å². The van der Waals surface area contributed by atoms with Gasteiger partial charge in [-0.15, -0.1) is 0 Å². The molecular formula is C21H28N2. The van der Waals surface area contributed by atoms with E-state index in [-0.39, 0.29) is 0 Å². The van der Waals surface area contributed by atoms with Crippen molar-refractivity contribution >= 4 is 5.69 Å². The SMILES string of the molecule is CCCN(C1CCc2cc(N)ccc2C1)C(C)c1ccccc1. The molecule has 0 saturated carbocycles. The Labute approximate surface area is 140 Å². The van der Waals surface area contributed by atoms with Crippen LogP contribution in [-0.2, 0) is 12.8 Å². The molecule has 1 aliphatic carbocycles. The van der Waals surface area contributed by atoms with Crippen LogP contribution in [0.2, 0.25) is 0 Å². The summed E-state index contributed by atoms with van der Waals surface area (Å²) >= 11 is 0. The van der Waals surface area contributed by atoms with Crippen molar-refractivity contribution in [3.05, 3.63) is 65.2 Å². The Balaban J connectivity index is 1.80. The molecule has 0 saturated heterocycles. The summed E-state index contributed by atoms with van der Waals surface area (Å²) < 4.78 is 0. The van der Waals surface area contributed by atoms with Crippen molar-refractivity contribution in [3.8, 4) is 0 Å². The Morgan fingerprint density at radius 2 is 1.91 bits per heavy atom. The molecule has 0 heterocycles. The van der Waals surface area contributed by atoms with Gasteiger partial charge in [0.2, 0.25) is 0 Å². The Kier molecular flexibility index (Phi) is 5.02. The molecule has 2 unspecified atom stereocenters. The Morgan fingerprint density at radius 3 is 2.65 bits per heavy atom. The van der Waals surface area contributed by atoms with Crippen LogP contribution in [0.4, 0.5) is 5.69 Å². The van der Waals surface area contributed by atoms with E-state index < -0.39 is 0 Å². The van der Waals surface area contributed by atoms with Crippen molar-refractivity contribution < 1.29 is 0 Å². The summed E-state index contributed by atoms with van der Waals surface area (Å²) in [5.74, 6) is 0. The number of hydrogen-bond acceptors (Lipinski definition) is 2. The number of nitrogens with two attached hydrogens (primary N) is 1. The van der Waals surface area contributed by atoms with Gasteiger partial charge in [0.25, 0.3) is 0 Å². The standard InChI is InChI=1S/C21H28N2/c1-3-13-23(16(2)17-7-5-4-6-8-17)21-12-10-18-14-20(22)11-9-19(18)15-21/h4-9,11,14,16,21H,3,10,12-13,15,22H2,1-2H3. The molecular weight excluding hydrogens is 280 g/mol. The van der Waals surface area contributed by atoms with Crippen molar-refractivity contribution in [2.24, 2.45) is 0 Å². The van der Waals surface area contributed by atoms with Crippen molar-refractivity contribution in [1.29, 1.82) is 0 Å². The van der Waals surface area contributed by atoms with E-state index >= 15 is 0 Å². The van der Waals surface area contributed by atoms with E-state index in [0.717, 1.165) is 25.1 Å². The van der Waals surface area contributed by atoms with E-state index in [4.69, 9.17) is 5.73 Å². The molecule has 0 aliphatic heterocycles. The fourth-order valence-corrected chi connectivity index (χ4v) is 3.91. The van der Waals surface area contributed by atoms with E-state index in [0.29, 0.717) is 12.1 Å². The highest BCUT2D eigenvalue weighted by molar-refractivity contribution is 5.46. The molecule has 0 radical (unpaired) electrons. The number of benzene rings is 2. The summed E-state index contributed by atoms with van der Waals surface area (Å²) in [4.78, 5) is 2.70. The van der Waals surface area contributed by atoms with Crippen LogP contribution < -0.4 is 5.73 Å². The first-order chi connectivity index (χ1) is 11.2. The lowest BCUT2D eigenvalue weighted by molar-refractivity contribution is 0.130. The monoisotopic (exact) mass is 308 g/mol. The Hall–Kier alpha value is -1.80. The molecule has 23 heavy (non-hydrogen) atoms. The summed E-state index contributed by atoms with van der Waals surface area (Å²) in [6, 6.07) is 18.4. The zero-order valence-electron chi connectivity index (χ0n) is 14.3. The summed E-state index contributed by atoms with van der Waals surface area (Å²) in [5, 5.41) is 0. The number of nitrogens with zero attached hydrogens (tertiary/aromatic N) is 1. The minimum Gasteiger partial charge on any atom is -0.399 e. The van der Waals surface area contributed by atoms with Crippen LogP contribution in [-0.4, -0.2) is 17.5 Å². The van der Waals surface area contributed by atoms with Crippen LogP contribution in [0.25, 0.3) is 0 Å². The average Bonchev–Trinajstić information content (AvgIpc) is 2.59. The molecule has 122 valence electrons. The molecule has 2 nitrogen and oxygen atoms in total. The van der Waals surface area contributed by atoms with Crippen molar-refractivity contribution in [2.45, 2.75) is 51.6 Å². The summed E-state index contributed by atoms with van der Waals surface area (Å²) in [6.45, 7) is 5.79. The van der Waals surface area contributed by atoms with Crippen LogP contribution in [0.5, 0.6) is 0 Å². The minimum absolute atomic E-state index is 0.469. The number of rotatable bonds is 5. The van der Waals surface area contributed by atoms with E-state index in [1.807, 2.05) is 6.07 Å². The average molecular weight is 308 g/mol. The van der Waals surface area contributed by atoms with Gasteiger partial charge in [0.1, 0.15) is 0 Å². The smallest absolute Gasteiger partial charge is 0.0322 e. The molecule has 2 aromatic rings. The number of anilines is 1. The lowest BCUT2D eigenvalue weighted by atomic mass is 9.86. The topological polar surface area (TPSA) is 29.3 Å². The second-order valence-corrected chi connectivity index (χ2v) is 6.75. The molecule has 0 fully saturated rings. The quantitative estimate of drug-likeness (QED) is 0.818. The number of hydrogen-bond donors (Lipinski definition) is 1. The lowest BCUT2D eigenvalue weighted by Gasteiger charge is -2.39. The molecule has 0 amide bonds. The van der Waals surface area contributed by atoms with Crippen LogP contribution in [0.15, 0.2) is 48.5 Å². The molecule has 2 N–H and O–H groups in total. The first-order valence-electron chi connectivity index (χ1n) is 8.87. The van der Waals surface area contributed by atoms with Crippen molar-refractivity contribution in [3.63, 3.8) is 0 Å². The minimum atomic E-state index is 0.469. The van der Waals surface area contributed by atoms with Crippen LogP contribution in [0.1, 0.15) is 49.4 Å². The van der Waals surface area contributed by atoms with Gasteiger partial charge in [0, 0.05) is 17.8 Å². The van der Waals surface area contributed by atoms with Gasteiger partial charge < -0.3 is 5.73 Å². The largest absolute Gasteiger partial charge is 0.399 e. The predicted octanol–water partition coefficient (Wildman–Crippen LogP) is 4.60. The normalized spacial score (nSPS) is 18.7. The molecule has 1 aliphatic rings. The number of fused-ring (bicyclic) bond motifs is 1. The first kappa shape index (κ1) is 16.1. The molecule has 0 spiro atoms. The van der Waals surface area contributed by atoms with Gasteiger partial charge in [-0.1, -0.05) is 43.3 Å². The maximum atomic E-state index is 5.94. The number of nitrogen functional groups attached to an aromatic ring is 1. The predicted molar refractivity (Wildman–Crippen MR) is 98.5 cm³/mol. The van der Waals surface area contributed by atoms with Gasteiger partial charge >= 0.3 is 0 Å². The Morgan fingerprint density at radius 1 is 1.13 bits per heavy atom. The van der Waals surface area contributed by atoms with Gasteiger partial charge in [0.05, 0.1) is 0 Å². The summed E-state index contributed by atoms with van der Waals surface area (Å²) in [5.41, 5.74) is 11.2. The van der Waals surface area contributed by atoms with E-state index in [1.54, 1.807) is 0 Å². The number of aryl methyl sites for hydroxylation is 1. The maximum absolute atomic E-state index is 5.94. The third-order valence-electron chi connectivity index (χ3n) is 5.16. The molecule has 3 rings (SSSR count). The van der Waals surface area contributed by atoms with Crippen LogP contribution >= 0.6 is 0 Å². The maximum Gasteiger partial charge on any atom is 0.0322 e. The van der Waals surface area contributed by atoms with Gasteiger partial charge in [-0.25, -0.2) is 0 Å². The molecule has 0 aromatic heterocycles. The molecule has 0 bridgehead atoms. The van der Waals surface area contributed by atoms with E-state index in [2.05, 4.69) is 61.2 Å².